The summed E-state index contributed by atoms with van der Waals surface area (Å²) >= 11 is 24.3. The lowest BCUT2D eigenvalue weighted by Crippen LogP contribution is -1.83. The van der Waals surface area contributed by atoms with E-state index in [1.807, 2.05) is 48.5 Å². The average molecular weight is 368 g/mol. The van der Waals surface area contributed by atoms with Crippen molar-refractivity contribution < 1.29 is 0 Å². The monoisotopic (exact) mass is 366 g/mol. The van der Waals surface area contributed by atoms with Gasteiger partial charge in [-0.15, -0.1) is 0 Å². The highest BCUT2D eigenvalue weighted by molar-refractivity contribution is 6.37. The molecule has 0 heterocycles. The summed E-state index contributed by atoms with van der Waals surface area (Å²) < 4.78 is 0. The highest BCUT2D eigenvalue weighted by Gasteiger charge is 2.07. The number of hydrogen-bond donors (Lipinski definition) is 0. The van der Waals surface area contributed by atoms with Crippen molar-refractivity contribution in [2.24, 2.45) is 0 Å². The molecule has 3 aromatic carbocycles. The maximum Gasteiger partial charge on any atom is 0.0499 e. The normalized spacial score (nSPS) is 10.7. The number of hydrogen-bond acceptors (Lipinski definition) is 0. The SMILES string of the molecule is Clc1ccc(-c2ccc(-c3ccc(Cl)cc3Cl)cc2)c(Cl)c1. The van der Waals surface area contributed by atoms with E-state index in [4.69, 9.17) is 46.4 Å². The number of halogens is 4. The van der Waals surface area contributed by atoms with Crippen LogP contribution in [0.1, 0.15) is 0 Å². The van der Waals surface area contributed by atoms with Crippen molar-refractivity contribution in [3.8, 4) is 22.3 Å². The van der Waals surface area contributed by atoms with Crippen molar-refractivity contribution in [2.45, 2.75) is 0 Å². The molecule has 0 nitrogen and oxygen atoms in total. The second-order valence-corrected chi connectivity index (χ2v) is 6.51. The molecule has 0 spiro atoms. The molecule has 3 rings (SSSR count). The van der Waals surface area contributed by atoms with Gasteiger partial charge in [0.1, 0.15) is 0 Å². The summed E-state index contributed by atoms with van der Waals surface area (Å²) in [6, 6.07) is 19.0. The van der Waals surface area contributed by atoms with Crippen LogP contribution in [0.3, 0.4) is 0 Å². The standard InChI is InChI=1S/C18H10Cl4/c19-13-5-7-15(17(21)9-13)11-1-2-12(4-3-11)16-8-6-14(20)10-18(16)22/h1-10H. The first-order chi connectivity index (χ1) is 10.5. The Balaban J connectivity index is 1.99. The fraction of sp³-hybridized carbons (Fsp3) is 0. The molecule has 0 aliphatic carbocycles. The lowest BCUT2D eigenvalue weighted by Gasteiger charge is -2.08. The molecule has 3 aromatic rings. The summed E-state index contributed by atoms with van der Waals surface area (Å²) in [5.41, 5.74) is 3.94. The molecule has 0 aromatic heterocycles. The van der Waals surface area contributed by atoms with Gasteiger partial charge >= 0.3 is 0 Å². The van der Waals surface area contributed by atoms with Gasteiger partial charge in [-0.3, -0.25) is 0 Å². The van der Waals surface area contributed by atoms with Gasteiger partial charge in [-0.05, 0) is 35.4 Å². The summed E-state index contributed by atoms with van der Waals surface area (Å²) in [6.45, 7) is 0. The van der Waals surface area contributed by atoms with E-state index in [0.29, 0.717) is 20.1 Å². The van der Waals surface area contributed by atoms with Crippen LogP contribution in [0.15, 0.2) is 60.7 Å². The van der Waals surface area contributed by atoms with E-state index in [1.54, 1.807) is 12.1 Å². The third-order valence-electron chi connectivity index (χ3n) is 3.37. The Hall–Kier alpha value is -1.18. The smallest absolute Gasteiger partial charge is 0.0499 e. The Morgan fingerprint density at radius 3 is 1.14 bits per heavy atom. The second kappa shape index (κ2) is 6.52. The molecule has 0 fully saturated rings. The van der Waals surface area contributed by atoms with Crippen molar-refractivity contribution in [3.63, 3.8) is 0 Å². The molecule has 0 N–H and O–H groups in total. The topological polar surface area (TPSA) is 0 Å². The molecule has 0 radical (unpaired) electrons. The summed E-state index contributed by atoms with van der Waals surface area (Å²) in [4.78, 5) is 0. The van der Waals surface area contributed by atoms with Crippen LogP contribution in [0.2, 0.25) is 20.1 Å². The number of rotatable bonds is 2. The summed E-state index contributed by atoms with van der Waals surface area (Å²) in [5.74, 6) is 0. The first-order valence-electron chi connectivity index (χ1n) is 6.55. The molecule has 0 saturated carbocycles. The molecule has 0 saturated heterocycles. The summed E-state index contributed by atoms with van der Waals surface area (Å²) in [7, 11) is 0. The lowest BCUT2D eigenvalue weighted by molar-refractivity contribution is 1.59. The third-order valence-corrected chi connectivity index (χ3v) is 4.46. The first-order valence-corrected chi connectivity index (χ1v) is 8.07. The molecule has 0 aliphatic heterocycles. The Kier molecular flexibility index (Phi) is 4.65. The first kappa shape index (κ1) is 15.7. The van der Waals surface area contributed by atoms with E-state index in [1.165, 1.54) is 0 Å². The largest absolute Gasteiger partial charge is 0.0843 e. The minimum absolute atomic E-state index is 0.623. The van der Waals surface area contributed by atoms with Crippen LogP contribution in [0.25, 0.3) is 22.3 Å². The fourth-order valence-electron chi connectivity index (χ4n) is 2.28. The second-order valence-electron chi connectivity index (χ2n) is 4.83. The van der Waals surface area contributed by atoms with Crippen LogP contribution in [-0.2, 0) is 0 Å². The minimum atomic E-state index is 0.623. The third kappa shape index (κ3) is 3.26. The Bertz CT molecular complexity index is 752. The maximum atomic E-state index is 6.24. The molecule has 22 heavy (non-hydrogen) atoms. The van der Waals surface area contributed by atoms with Crippen LogP contribution in [0, 0.1) is 0 Å². The van der Waals surface area contributed by atoms with Gasteiger partial charge in [0.15, 0.2) is 0 Å². The molecular formula is C18H10Cl4. The van der Waals surface area contributed by atoms with Gasteiger partial charge in [0, 0.05) is 31.2 Å². The van der Waals surface area contributed by atoms with Crippen LogP contribution >= 0.6 is 46.4 Å². The predicted octanol–water partition coefficient (Wildman–Crippen LogP) is 7.63. The van der Waals surface area contributed by atoms with Crippen LogP contribution in [-0.4, -0.2) is 0 Å². The fourth-order valence-corrected chi connectivity index (χ4v) is 3.31. The van der Waals surface area contributed by atoms with E-state index < -0.39 is 0 Å². The quantitative estimate of drug-likeness (QED) is 0.436. The molecular weight excluding hydrogens is 358 g/mol. The zero-order valence-electron chi connectivity index (χ0n) is 11.3. The Morgan fingerprint density at radius 1 is 0.455 bits per heavy atom. The van der Waals surface area contributed by atoms with Crippen LogP contribution < -0.4 is 0 Å². The van der Waals surface area contributed by atoms with Gasteiger partial charge in [-0.25, -0.2) is 0 Å². The van der Waals surface area contributed by atoms with Crippen molar-refractivity contribution >= 4 is 46.4 Å². The lowest BCUT2D eigenvalue weighted by atomic mass is 10.0. The van der Waals surface area contributed by atoms with Crippen molar-refractivity contribution in [3.05, 3.63) is 80.8 Å². The van der Waals surface area contributed by atoms with Crippen LogP contribution in [0.4, 0.5) is 0 Å². The summed E-state index contributed by atoms with van der Waals surface area (Å²) in [6.07, 6.45) is 0. The van der Waals surface area contributed by atoms with Gasteiger partial charge < -0.3 is 0 Å². The molecule has 4 heteroatoms. The highest BCUT2D eigenvalue weighted by Crippen LogP contribution is 2.34. The van der Waals surface area contributed by atoms with Gasteiger partial charge in [0.05, 0.1) is 0 Å². The number of benzene rings is 3. The molecule has 110 valence electrons. The van der Waals surface area contributed by atoms with Crippen LogP contribution in [0.5, 0.6) is 0 Å². The molecule has 0 amide bonds. The molecule has 0 atom stereocenters. The highest BCUT2D eigenvalue weighted by atomic mass is 35.5. The zero-order valence-corrected chi connectivity index (χ0v) is 14.3. The maximum absolute atomic E-state index is 6.24. The van der Waals surface area contributed by atoms with Gasteiger partial charge in [0.25, 0.3) is 0 Å². The minimum Gasteiger partial charge on any atom is -0.0843 e. The van der Waals surface area contributed by atoms with Gasteiger partial charge in [-0.1, -0.05) is 82.8 Å². The molecule has 0 bridgehead atoms. The van der Waals surface area contributed by atoms with E-state index in [9.17, 15) is 0 Å². The molecule has 0 aliphatic rings. The zero-order chi connectivity index (χ0) is 15.7. The van der Waals surface area contributed by atoms with Crippen molar-refractivity contribution in [2.75, 3.05) is 0 Å². The molecule has 0 unspecified atom stereocenters. The summed E-state index contributed by atoms with van der Waals surface area (Å²) in [5, 5.41) is 2.51. The predicted molar refractivity (Wildman–Crippen MR) is 97.4 cm³/mol. The van der Waals surface area contributed by atoms with E-state index >= 15 is 0 Å². The van der Waals surface area contributed by atoms with E-state index in [-0.39, 0.29) is 0 Å². The Morgan fingerprint density at radius 2 is 0.818 bits per heavy atom. The van der Waals surface area contributed by atoms with E-state index in [0.717, 1.165) is 22.3 Å². The van der Waals surface area contributed by atoms with E-state index in [2.05, 4.69) is 0 Å². The van der Waals surface area contributed by atoms with Gasteiger partial charge in [0.2, 0.25) is 0 Å². The van der Waals surface area contributed by atoms with Gasteiger partial charge in [-0.2, -0.15) is 0 Å². The average Bonchev–Trinajstić information content (AvgIpc) is 2.48. The Labute approximate surface area is 149 Å². The van der Waals surface area contributed by atoms with Crippen molar-refractivity contribution in [1.29, 1.82) is 0 Å². The van der Waals surface area contributed by atoms with Crippen molar-refractivity contribution in [1.82, 2.24) is 0 Å².